The van der Waals surface area contributed by atoms with Crippen LogP contribution in [0.25, 0.3) is 0 Å². The Morgan fingerprint density at radius 2 is 1.64 bits per heavy atom. The van der Waals surface area contributed by atoms with Gasteiger partial charge in [-0.3, -0.25) is 0 Å². The van der Waals surface area contributed by atoms with Crippen LogP contribution in [0.2, 0.25) is 0 Å². The van der Waals surface area contributed by atoms with Gasteiger partial charge >= 0.3 is 6.18 Å². The summed E-state index contributed by atoms with van der Waals surface area (Å²) >= 11 is 11.2. The number of hydrogen-bond donors (Lipinski definition) is 0. The molecule has 0 atom stereocenters. The lowest BCUT2D eigenvalue weighted by atomic mass is 9.92. The standard InChI is InChI=1S/C8H13Cl2F3O/c1-7(4-9,5-10)2-3-14-6-8(11,12)13/h2-6H2,1H3. The van der Waals surface area contributed by atoms with Crippen molar-refractivity contribution in [2.75, 3.05) is 25.0 Å². The van der Waals surface area contributed by atoms with E-state index in [1.165, 1.54) is 0 Å². The van der Waals surface area contributed by atoms with Crippen molar-refractivity contribution >= 4 is 23.2 Å². The second-order valence-electron chi connectivity index (χ2n) is 3.50. The molecule has 6 heteroatoms. The van der Waals surface area contributed by atoms with Gasteiger partial charge in [0.05, 0.1) is 0 Å². The molecule has 0 rings (SSSR count). The summed E-state index contributed by atoms with van der Waals surface area (Å²) in [6.45, 7) is 0.618. The van der Waals surface area contributed by atoms with Gasteiger partial charge in [0.25, 0.3) is 0 Å². The largest absolute Gasteiger partial charge is 0.411 e. The van der Waals surface area contributed by atoms with Crippen LogP contribution in [0.3, 0.4) is 0 Å². The van der Waals surface area contributed by atoms with Crippen molar-refractivity contribution in [2.45, 2.75) is 19.5 Å². The predicted molar refractivity (Wildman–Crippen MR) is 51.0 cm³/mol. The Bertz CT molecular complexity index is 157. The zero-order chi connectivity index (χ0) is 11.2. The predicted octanol–water partition coefficient (Wildman–Crippen LogP) is 3.44. The summed E-state index contributed by atoms with van der Waals surface area (Å²) in [5.74, 6) is 0.623. The molecule has 0 aliphatic rings. The van der Waals surface area contributed by atoms with E-state index in [1.807, 2.05) is 6.92 Å². The average Bonchev–Trinajstić information content (AvgIpc) is 2.11. The van der Waals surface area contributed by atoms with Crippen molar-refractivity contribution in [3.8, 4) is 0 Å². The van der Waals surface area contributed by atoms with E-state index in [9.17, 15) is 13.2 Å². The third kappa shape index (κ3) is 6.74. The fraction of sp³-hybridized carbons (Fsp3) is 1.00. The fourth-order valence-corrected chi connectivity index (χ4v) is 1.23. The molecule has 0 aliphatic heterocycles. The molecule has 0 bridgehead atoms. The monoisotopic (exact) mass is 252 g/mol. The topological polar surface area (TPSA) is 9.23 Å². The number of alkyl halides is 5. The third-order valence-corrected chi connectivity index (χ3v) is 3.05. The molecule has 1 nitrogen and oxygen atoms in total. The van der Waals surface area contributed by atoms with Crippen LogP contribution in [0.4, 0.5) is 13.2 Å². The van der Waals surface area contributed by atoms with Gasteiger partial charge in [-0.05, 0) is 11.8 Å². The maximum Gasteiger partial charge on any atom is 0.411 e. The Morgan fingerprint density at radius 1 is 1.14 bits per heavy atom. The molecule has 0 heterocycles. The van der Waals surface area contributed by atoms with Crippen LogP contribution in [0.15, 0.2) is 0 Å². The molecule has 0 aliphatic carbocycles. The highest BCUT2D eigenvalue weighted by Gasteiger charge is 2.28. The first-order valence-electron chi connectivity index (χ1n) is 4.09. The Morgan fingerprint density at radius 3 is 2.00 bits per heavy atom. The van der Waals surface area contributed by atoms with E-state index in [1.54, 1.807) is 0 Å². The first kappa shape index (κ1) is 14.3. The zero-order valence-electron chi connectivity index (χ0n) is 7.83. The van der Waals surface area contributed by atoms with E-state index in [2.05, 4.69) is 4.74 Å². The van der Waals surface area contributed by atoms with E-state index >= 15 is 0 Å². The van der Waals surface area contributed by atoms with Gasteiger partial charge in [-0.2, -0.15) is 13.2 Å². The maximum absolute atomic E-state index is 11.7. The summed E-state index contributed by atoms with van der Waals surface area (Å²) in [7, 11) is 0. The summed E-state index contributed by atoms with van der Waals surface area (Å²) in [6, 6.07) is 0. The summed E-state index contributed by atoms with van der Waals surface area (Å²) in [4.78, 5) is 0. The SMILES string of the molecule is CC(CCl)(CCl)CCOCC(F)(F)F. The minimum Gasteiger partial charge on any atom is -0.372 e. The maximum atomic E-state index is 11.7. The molecule has 0 unspecified atom stereocenters. The van der Waals surface area contributed by atoms with Gasteiger partial charge < -0.3 is 4.74 Å². The molecule has 0 fully saturated rings. The van der Waals surface area contributed by atoms with Crippen LogP contribution < -0.4 is 0 Å². The highest BCUT2D eigenvalue weighted by molar-refractivity contribution is 6.21. The van der Waals surface area contributed by atoms with Crippen LogP contribution >= 0.6 is 23.2 Å². The number of rotatable bonds is 6. The van der Waals surface area contributed by atoms with Crippen molar-refractivity contribution in [3.63, 3.8) is 0 Å². The average molecular weight is 253 g/mol. The molecule has 0 N–H and O–H groups in total. The second-order valence-corrected chi connectivity index (χ2v) is 4.03. The molecule has 86 valence electrons. The first-order chi connectivity index (χ1) is 6.33. The molecule has 0 spiro atoms. The van der Waals surface area contributed by atoms with Crippen LogP contribution in [-0.4, -0.2) is 31.2 Å². The lowest BCUT2D eigenvalue weighted by Gasteiger charge is -2.23. The van der Waals surface area contributed by atoms with E-state index in [0.717, 1.165) is 0 Å². The van der Waals surface area contributed by atoms with Crippen molar-refractivity contribution in [2.24, 2.45) is 5.41 Å². The lowest BCUT2D eigenvalue weighted by Crippen LogP contribution is -2.25. The highest BCUT2D eigenvalue weighted by atomic mass is 35.5. The number of hydrogen-bond acceptors (Lipinski definition) is 1. The summed E-state index contributed by atoms with van der Waals surface area (Å²) in [5, 5.41) is 0. The first-order valence-corrected chi connectivity index (χ1v) is 5.16. The molecule has 0 aromatic heterocycles. The van der Waals surface area contributed by atoms with E-state index in [-0.39, 0.29) is 12.0 Å². The molecule has 0 aromatic carbocycles. The van der Waals surface area contributed by atoms with Gasteiger partial charge in [-0.1, -0.05) is 6.92 Å². The summed E-state index contributed by atoms with van der Waals surface area (Å²) < 4.78 is 39.4. The Kier molecular flexibility index (Phi) is 6.17. The normalized spacial score (nSPS) is 13.3. The number of ether oxygens (including phenoxy) is 1. The number of halogens is 5. The minimum absolute atomic E-state index is 0.0233. The van der Waals surface area contributed by atoms with Gasteiger partial charge in [0.1, 0.15) is 6.61 Å². The Labute approximate surface area is 91.5 Å². The third-order valence-electron chi connectivity index (χ3n) is 1.76. The summed E-state index contributed by atoms with van der Waals surface area (Å²) in [5.41, 5.74) is -0.352. The van der Waals surface area contributed by atoms with E-state index < -0.39 is 12.8 Å². The molecular weight excluding hydrogens is 240 g/mol. The Balaban J connectivity index is 3.63. The molecule has 0 aromatic rings. The molecule has 14 heavy (non-hydrogen) atoms. The van der Waals surface area contributed by atoms with Crippen LogP contribution in [0.1, 0.15) is 13.3 Å². The Hall–Kier alpha value is 0.330. The smallest absolute Gasteiger partial charge is 0.372 e. The van der Waals surface area contributed by atoms with Crippen LogP contribution in [0.5, 0.6) is 0 Å². The van der Waals surface area contributed by atoms with Gasteiger partial charge in [-0.25, -0.2) is 0 Å². The summed E-state index contributed by atoms with van der Waals surface area (Å²) in [6.07, 6.45) is -3.84. The van der Waals surface area contributed by atoms with Crippen LogP contribution in [0, 0.1) is 5.41 Å². The molecule has 0 saturated heterocycles. The van der Waals surface area contributed by atoms with Crippen molar-refractivity contribution in [3.05, 3.63) is 0 Å². The van der Waals surface area contributed by atoms with Gasteiger partial charge in [0.15, 0.2) is 0 Å². The lowest BCUT2D eigenvalue weighted by molar-refractivity contribution is -0.175. The van der Waals surface area contributed by atoms with Crippen LogP contribution in [-0.2, 0) is 4.74 Å². The van der Waals surface area contributed by atoms with Crippen molar-refractivity contribution < 1.29 is 17.9 Å². The zero-order valence-corrected chi connectivity index (χ0v) is 9.35. The molecule has 0 saturated carbocycles. The van der Waals surface area contributed by atoms with E-state index in [0.29, 0.717) is 18.2 Å². The molecule has 0 radical (unpaired) electrons. The minimum atomic E-state index is -4.27. The van der Waals surface area contributed by atoms with Gasteiger partial charge in [0, 0.05) is 18.4 Å². The molecular formula is C8H13Cl2F3O. The van der Waals surface area contributed by atoms with E-state index in [4.69, 9.17) is 23.2 Å². The fourth-order valence-electron chi connectivity index (χ4n) is 0.676. The molecule has 0 amide bonds. The van der Waals surface area contributed by atoms with Gasteiger partial charge in [-0.15, -0.1) is 23.2 Å². The quantitative estimate of drug-likeness (QED) is 0.520. The van der Waals surface area contributed by atoms with Crippen molar-refractivity contribution in [1.29, 1.82) is 0 Å². The highest BCUT2D eigenvalue weighted by Crippen LogP contribution is 2.25. The van der Waals surface area contributed by atoms with Crippen molar-refractivity contribution in [1.82, 2.24) is 0 Å². The second kappa shape index (κ2) is 6.03. The van der Waals surface area contributed by atoms with Gasteiger partial charge in [0.2, 0.25) is 0 Å².